The first-order valence-electron chi connectivity index (χ1n) is 4.40. The maximum Gasteiger partial charge on any atom is 0.135 e. The molecule has 0 aromatic carbocycles. The van der Waals surface area contributed by atoms with Crippen LogP contribution in [0, 0.1) is 5.21 Å². The number of hydrogen-bond acceptors (Lipinski definition) is 4. The monoisotopic (exact) mass is 174 g/mol. The Morgan fingerprint density at radius 2 is 2.08 bits per heavy atom. The average molecular weight is 174 g/mol. The first-order valence-corrected chi connectivity index (χ1v) is 4.40. The van der Waals surface area contributed by atoms with Gasteiger partial charge in [-0.2, -0.15) is 0 Å². The first kappa shape index (κ1) is 9.88. The molecule has 5 nitrogen and oxygen atoms in total. The fourth-order valence-corrected chi connectivity index (χ4v) is 1.61. The summed E-state index contributed by atoms with van der Waals surface area (Å²) in [4.78, 5) is 2.10. The third-order valence-electron chi connectivity index (χ3n) is 2.26. The van der Waals surface area contributed by atoms with Gasteiger partial charge in [-0.15, -0.1) is 0 Å². The van der Waals surface area contributed by atoms with Gasteiger partial charge in [-0.05, 0) is 0 Å². The summed E-state index contributed by atoms with van der Waals surface area (Å²) in [5.74, 6) is 0. The van der Waals surface area contributed by atoms with Crippen molar-refractivity contribution in [2.24, 2.45) is 11.5 Å². The largest absolute Gasteiger partial charge is 0.632 e. The Morgan fingerprint density at radius 3 is 2.67 bits per heavy atom. The lowest BCUT2D eigenvalue weighted by atomic mass is 10.5. The molecule has 0 radical (unpaired) electrons. The summed E-state index contributed by atoms with van der Waals surface area (Å²) in [6.07, 6.45) is 0. The van der Waals surface area contributed by atoms with Gasteiger partial charge in [-0.1, -0.05) is 0 Å². The van der Waals surface area contributed by atoms with Gasteiger partial charge in [0.15, 0.2) is 0 Å². The van der Waals surface area contributed by atoms with Crippen molar-refractivity contribution in [3.8, 4) is 0 Å². The van der Waals surface area contributed by atoms with E-state index in [1.807, 2.05) is 0 Å². The topological polar surface area (TPSA) is 78.3 Å². The van der Waals surface area contributed by atoms with Crippen molar-refractivity contribution in [2.45, 2.75) is 0 Å². The third kappa shape index (κ3) is 2.40. The van der Waals surface area contributed by atoms with Crippen LogP contribution in [0.3, 0.4) is 0 Å². The minimum Gasteiger partial charge on any atom is -0.632 e. The Morgan fingerprint density at radius 1 is 1.33 bits per heavy atom. The maximum absolute atomic E-state index is 11.8. The fraction of sp³-hybridized carbons (Fsp3) is 1.00. The summed E-state index contributed by atoms with van der Waals surface area (Å²) in [6.45, 7) is 4.54. The molecule has 1 fully saturated rings. The van der Waals surface area contributed by atoms with Gasteiger partial charge >= 0.3 is 0 Å². The van der Waals surface area contributed by atoms with Crippen LogP contribution < -0.4 is 11.5 Å². The second-order valence-electron chi connectivity index (χ2n) is 3.34. The van der Waals surface area contributed by atoms with Crippen LogP contribution in [0.2, 0.25) is 0 Å². The van der Waals surface area contributed by atoms with E-state index in [1.165, 1.54) is 0 Å². The van der Waals surface area contributed by atoms with E-state index in [-0.39, 0.29) is 4.65 Å². The molecule has 5 heteroatoms. The Balaban J connectivity index is 2.32. The molecule has 12 heavy (non-hydrogen) atoms. The summed E-state index contributed by atoms with van der Waals surface area (Å²) < 4.78 is -0.156. The van der Waals surface area contributed by atoms with Crippen LogP contribution in [-0.2, 0) is 0 Å². The van der Waals surface area contributed by atoms with E-state index in [4.69, 9.17) is 11.5 Å². The van der Waals surface area contributed by atoms with Gasteiger partial charge in [0.05, 0.1) is 19.6 Å². The van der Waals surface area contributed by atoms with Crippen molar-refractivity contribution in [3.05, 3.63) is 5.21 Å². The Hall–Kier alpha value is -0.200. The fourth-order valence-electron chi connectivity index (χ4n) is 1.61. The van der Waals surface area contributed by atoms with Crippen LogP contribution in [0.15, 0.2) is 0 Å². The van der Waals surface area contributed by atoms with Crippen LogP contribution in [0.4, 0.5) is 0 Å². The van der Waals surface area contributed by atoms with Crippen molar-refractivity contribution in [3.63, 3.8) is 0 Å². The summed E-state index contributed by atoms with van der Waals surface area (Å²) in [5.41, 5.74) is 10.7. The normalized spacial score (nSPS) is 31.2. The minimum atomic E-state index is -0.156. The summed E-state index contributed by atoms with van der Waals surface area (Å²) in [6, 6.07) is 0. The zero-order chi connectivity index (χ0) is 9.03. The molecule has 0 aliphatic carbocycles. The molecule has 1 unspecified atom stereocenters. The van der Waals surface area contributed by atoms with E-state index in [2.05, 4.69) is 4.90 Å². The molecule has 1 atom stereocenters. The van der Waals surface area contributed by atoms with Crippen LogP contribution in [0.25, 0.3) is 0 Å². The van der Waals surface area contributed by atoms with Crippen molar-refractivity contribution < 1.29 is 4.65 Å². The second-order valence-corrected chi connectivity index (χ2v) is 3.34. The van der Waals surface area contributed by atoms with Gasteiger partial charge < -0.3 is 21.3 Å². The summed E-state index contributed by atoms with van der Waals surface area (Å²) in [7, 11) is 0. The van der Waals surface area contributed by atoms with Crippen LogP contribution in [0.5, 0.6) is 0 Å². The lowest BCUT2D eigenvalue weighted by Gasteiger charge is -2.37. The number of rotatable bonds is 4. The van der Waals surface area contributed by atoms with Crippen LogP contribution in [-0.4, -0.2) is 55.5 Å². The van der Waals surface area contributed by atoms with Crippen LogP contribution >= 0.6 is 0 Å². The van der Waals surface area contributed by atoms with E-state index in [9.17, 15) is 5.21 Å². The van der Waals surface area contributed by atoms with Crippen LogP contribution in [0.1, 0.15) is 0 Å². The molecule has 0 bridgehead atoms. The molecular weight excluding hydrogens is 156 g/mol. The van der Waals surface area contributed by atoms with E-state index >= 15 is 0 Å². The number of nitrogens with two attached hydrogens (primary N) is 2. The second kappa shape index (κ2) is 4.15. The average Bonchev–Trinajstić information content (AvgIpc) is 2.34. The Kier molecular flexibility index (Phi) is 3.42. The maximum atomic E-state index is 11.8. The van der Waals surface area contributed by atoms with Crippen molar-refractivity contribution in [1.82, 2.24) is 4.90 Å². The molecule has 1 saturated heterocycles. The van der Waals surface area contributed by atoms with Gasteiger partial charge in [0, 0.05) is 19.6 Å². The Bertz CT molecular complexity index is 143. The first-order chi connectivity index (χ1) is 5.70. The summed E-state index contributed by atoms with van der Waals surface area (Å²) >= 11 is 0. The summed E-state index contributed by atoms with van der Waals surface area (Å²) in [5, 5.41) is 11.8. The molecule has 1 rings (SSSR count). The predicted molar refractivity (Wildman–Crippen MR) is 47.9 cm³/mol. The number of hydroxylamine groups is 3. The third-order valence-corrected chi connectivity index (χ3v) is 2.26. The van der Waals surface area contributed by atoms with E-state index in [1.54, 1.807) is 0 Å². The van der Waals surface area contributed by atoms with E-state index in [0.29, 0.717) is 32.8 Å². The zero-order valence-electron chi connectivity index (χ0n) is 7.41. The van der Waals surface area contributed by atoms with Gasteiger partial charge in [0.1, 0.15) is 6.67 Å². The minimum absolute atomic E-state index is 0.156. The van der Waals surface area contributed by atoms with Crippen molar-refractivity contribution in [1.29, 1.82) is 0 Å². The van der Waals surface area contributed by atoms with E-state index in [0.717, 1.165) is 13.1 Å². The highest BCUT2D eigenvalue weighted by Gasteiger charge is 2.27. The van der Waals surface area contributed by atoms with Crippen molar-refractivity contribution >= 4 is 0 Å². The highest BCUT2D eigenvalue weighted by molar-refractivity contribution is 4.62. The van der Waals surface area contributed by atoms with Crippen molar-refractivity contribution in [2.75, 3.05) is 45.9 Å². The highest BCUT2D eigenvalue weighted by atomic mass is 16.6. The van der Waals surface area contributed by atoms with Gasteiger partial charge in [0.2, 0.25) is 0 Å². The quantitative estimate of drug-likeness (QED) is 0.401. The number of nitrogens with zero attached hydrogens (tertiary/aromatic N) is 2. The molecular formula is C7H18N4O. The smallest absolute Gasteiger partial charge is 0.135 e. The highest BCUT2D eigenvalue weighted by Crippen LogP contribution is 2.12. The molecule has 1 aliphatic rings. The molecule has 0 saturated carbocycles. The van der Waals surface area contributed by atoms with E-state index < -0.39 is 0 Å². The molecule has 72 valence electrons. The van der Waals surface area contributed by atoms with Gasteiger partial charge in [-0.3, -0.25) is 0 Å². The van der Waals surface area contributed by atoms with Gasteiger partial charge in [0.25, 0.3) is 0 Å². The number of hydrogen-bond donors (Lipinski definition) is 2. The lowest BCUT2D eigenvalue weighted by molar-refractivity contribution is -0.871. The Labute approximate surface area is 73.1 Å². The lowest BCUT2D eigenvalue weighted by Crippen LogP contribution is -2.45. The standard InChI is InChI=1S/C7H18N4O/c8-1-3-10-4-6-11(12,7-10)5-2-9/h1-9H2. The molecule has 0 amide bonds. The molecule has 1 aliphatic heterocycles. The molecule has 4 N–H and O–H groups in total. The zero-order valence-corrected chi connectivity index (χ0v) is 7.41. The number of quaternary nitrogens is 1. The SMILES string of the molecule is NCCN1CC[N+]([O-])(CCN)C1. The molecule has 1 heterocycles. The molecule has 0 aromatic heterocycles. The van der Waals surface area contributed by atoms with Gasteiger partial charge in [-0.25, -0.2) is 4.90 Å². The molecule has 0 spiro atoms. The predicted octanol–water partition coefficient (Wildman–Crippen LogP) is -1.51. The molecule has 0 aromatic rings.